The van der Waals surface area contributed by atoms with Gasteiger partial charge in [0.15, 0.2) is 11.5 Å². The van der Waals surface area contributed by atoms with Gasteiger partial charge in [0, 0.05) is 24.4 Å². The van der Waals surface area contributed by atoms with Gasteiger partial charge in [0.2, 0.25) is 11.8 Å². The van der Waals surface area contributed by atoms with Crippen molar-refractivity contribution >= 4 is 17.9 Å². The average Bonchev–Trinajstić information content (AvgIpc) is 3.01. The van der Waals surface area contributed by atoms with Crippen molar-refractivity contribution in [2.75, 3.05) is 0 Å². The van der Waals surface area contributed by atoms with E-state index in [1.807, 2.05) is 0 Å². The molecule has 2 amide bonds. The molecule has 8 nitrogen and oxygen atoms in total. The third-order valence-corrected chi connectivity index (χ3v) is 3.07. The van der Waals surface area contributed by atoms with Gasteiger partial charge < -0.3 is 26.2 Å². The molecule has 0 aliphatic heterocycles. The first kappa shape index (κ1) is 16.1. The highest BCUT2D eigenvalue weighted by molar-refractivity contribution is 5.95. The fourth-order valence-electron chi connectivity index (χ4n) is 1.87. The van der Waals surface area contributed by atoms with Crippen molar-refractivity contribution in [2.45, 2.75) is 12.5 Å². The van der Waals surface area contributed by atoms with Crippen molar-refractivity contribution in [3.05, 3.63) is 48.1 Å². The second kappa shape index (κ2) is 7.12. The van der Waals surface area contributed by atoms with E-state index < -0.39 is 17.9 Å². The number of benzene rings is 1. The van der Waals surface area contributed by atoms with Gasteiger partial charge in [-0.25, -0.2) is 4.98 Å². The molecule has 6 N–H and O–H groups in total. The number of primary amides is 1. The van der Waals surface area contributed by atoms with Gasteiger partial charge in [-0.15, -0.1) is 0 Å². The van der Waals surface area contributed by atoms with Crippen molar-refractivity contribution in [1.82, 2.24) is 15.3 Å². The predicted molar refractivity (Wildman–Crippen MR) is 82.2 cm³/mol. The Labute approximate surface area is 131 Å². The zero-order valence-corrected chi connectivity index (χ0v) is 12.1. The lowest BCUT2D eigenvalue weighted by Crippen LogP contribution is -2.45. The van der Waals surface area contributed by atoms with Crippen molar-refractivity contribution in [3.63, 3.8) is 0 Å². The first-order valence-corrected chi connectivity index (χ1v) is 6.73. The fourth-order valence-corrected chi connectivity index (χ4v) is 1.87. The van der Waals surface area contributed by atoms with E-state index in [9.17, 15) is 19.8 Å². The van der Waals surface area contributed by atoms with Crippen LogP contribution in [-0.4, -0.2) is 38.0 Å². The van der Waals surface area contributed by atoms with E-state index in [4.69, 9.17) is 5.73 Å². The minimum atomic E-state index is -0.874. The van der Waals surface area contributed by atoms with Crippen LogP contribution in [0.15, 0.2) is 36.8 Å². The monoisotopic (exact) mass is 316 g/mol. The number of carbonyl (C=O) groups excluding carboxylic acids is 2. The number of aromatic amines is 1. The van der Waals surface area contributed by atoms with Gasteiger partial charge >= 0.3 is 0 Å². The highest BCUT2D eigenvalue weighted by Gasteiger charge is 2.18. The van der Waals surface area contributed by atoms with Crippen LogP contribution in [0.1, 0.15) is 11.3 Å². The van der Waals surface area contributed by atoms with Crippen molar-refractivity contribution < 1.29 is 19.8 Å². The molecule has 0 aliphatic carbocycles. The van der Waals surface area contributed by atoms with Gasteiger partial charge in [0.1, 0.15) is 6.04 Å². The Bertz CT molecular complexity index is 725. The molecule has 0 aliphatic rings. The summed E-state index contributed by atoms with van der Waals surface area (Å²) in [7, 11) is 0. The number of H-pyrrole nitrogens is 1. The summed E-state index contributed by atoms with van der Waals surface area (Å²) >= 11 is 0. The van der Waals surface area contributed by atoms with E-state index in [0.717, 1.165) is 0 Å². The average molecular weight is 316 g/mol. The molecular weight excluding hydrogens is 300 g/mol. The number of hydrogen-bond acceptors (Lipinski definition) is 5. The topological polar surface area (TPSA) is 141 Å². The van der Waals surface area contributed by atoms with Gasteiger partial charge in [-0.2, -0.15) is 0 Å². The van der Waals surface area contributed by atoms with Crippen molar-refractivity contribution in [2.24, 2.45) is 5.73 Å². The lowest BCUT2D eigenvalue weighted by Gasteiger charge is -2.13. The minimum absolute atomic E-state index is 0.203. The largest absolute Gasteiger partial charge is 0.504 e. The van der Waals surface area contributed by atoms with Crippen molar-refractivity contribution in [3.8, 4) is 11.5 Å². The Morgan fingerprint density at radius 1 is 1.35 bits per heavy atom. The molecule has 2 aromatic rings. The van der Waals surface area contributed by atoms with Gasteiger partial charge in [-0.05, 0) is 23.8 Å². The number of aromatic nitrogens is 2. The first-order chi connectivity index (χ1) is 11.0. The van der Waals surface area contributed by atoms with Crippen molar-refractivity contribution in [1.29, 1.82) is 0 Å². The summed E-state index contributed by atoms with van der Waals surface area (Å²) in [5, 5.41) is 21.1. The molecule has 8 heteroatoms. The van der Waals surface area contributed by atoms with E-state index in [-0.39, 0.29) is 17.9 Å². The zero-order valence-electron chi connectivity index (χ0n) is 12.1. The second-order valence-electron chi connectivity index (χ2n) is 4.83. The summed E-state index contributed by atoms with van der Waals surface area (Å²) in [6.07, 6.45) is 5.84. The number of nitrogens with zero attached hydrogens (tertiary/aromatic N) is 1. The van der Waals surface area contributed by atoms with Crippen LogP contribution in [0.2, 0.25) is 0 Å². The number of carbonyl (C=O) groups is 2. The normalized spacial score (nSPS) is 12.2. The molecule has 0 unspecified atom stereocenters. The SMILES string of the molecule is NC(=O)[C@H](Cc1cnc[nH]1)NC(=O)/C=C/c1ccc(O)c(O)c1. The summed E-state index contributed by atoms with van der Waals surface area (Å²) in [6, 6.07) is 3.25. The van der Waals surface area contributed by atoms with Crippen LogP contribution < -0.4 is 11.1 Å². The molecule has 1 heterocycles. The summed E-state index contributed by atoms with van der Waals surface area (Å²) in [6.45, 7) is 0. The number of hydrogen-bond donors (Lipinski definition) is 5. The quantitative estimate of drug-likeness (QED) is 0.378. The molecule has 0 fully saturated rings. The zero-order chi connectivity index (χ0) is 16.8. The number of phenolic OH excluding ortho intramolecular Hbond substituents is 2. The Hall–Kier alpha value is -3.29. The fraction of sp³-hybridized carbons (Fsp3) is 0.133. The first-order valence-electron chi connectivity index (χ1n) is 6.73. The molecule has 23 heavy (non-hydrogen) atoms. The van der Waals surface area contributed by atoms with Crippen LogP contribution in [-0.2, 0) is 16.0 Å². The van der Waals surface area contributed by atoms with Gasteiger partial charge in [0.25, 0.3) is 0 Å². The summed E-state index contributed by atoms with van der Waals surface area (Å²) in [5.41, 5.74) is 6.45. The Morgan fingerprint density at radius 3 is 2.74 bits per heavy atom. The van der Waals surface area contributed by atoms with E-state index >= 15 is 0 Å². The Kier molecular flexibility index (Phi) is 4.98. The third kappa shape index (κ3) is 4.60. The molecule has 0 radical (unpaired) electrons. The number of nitrogens with one attached hydrogen (secondary N) is 2. The van der Waals surface area contributed by atoms with Crippen LogP contribution in [0, 0.1) is 0 Å². The predicted octanol–water partition coefficient (Wildman–Crippen LogP) is 0.0469. The summed E-state index contributed by atoms with van der Waals surface area (Å²) in [4.78, 5) is 29.9. The number of imidazole rings is 1. The smallest absolute Gasteiger partial charge is 0.244 e. The molecule has 0 spiro atoms. The van der Waals surface area contributed by atoms with E-state index in [2.05, 4.69) is 15.3 Å². The number of nitrogens with two attached hydrogens (primary N) is 1. The van der Waals surface area contributed by atoms with Crippen LogP contribution in [0.3, 0.4) is 0 Å². The highest BCUT2D eigenvalue weighted by Crippen LogP contribution is 2.25. The number of aromatic hydroxyl groups is 2. The van der Waals surface area contributed by atoms with Crippen LogP contribution in [0.4, 0.5) is 0 Å². The standard InChI is InChI=1S/C15H16N4O4/c16-15(23)11(6-10-7-17-8-18-10)19-14(22)4-2-9-1-3-12(20)13(21)5-9/h1-5,7-8,11,20-21H,6H2,(H2,16,23)(H,17,18)(H,19,22)/b4-2+/t11-/m0/s1. The molecule has 120 valence electrons. The van der Waals surface area contributed by atoms with Gasteiger partial charge in [-0.3, -0.25) is 9.59 Å². The lowest BCUT2D eigenvalue weighted by molar-refractivity contribution is -0.124. The van der Waals surface area contributed by atoms with E-state index in [1.54, 1.807) is 0 Å². The maximum Gasteiger partial charge on any atom is 0.244 e. The van der Waals surface area contributed by atoms with Crippen LogP contribution in [0.25, 0.3) is 6.08 Å². The van der Waals surface area contributed by atoms with Gasteiger partial charge in [0.05, 0.1) is 6.33 Å². The molecule has 1 aromatic carbocycles. The molecule has 1 atom stereocenters. The Morgan fingerprint density at radius 2 is 2.13 bits per heavy atom. The molecule has 0 saturated carbocycles. The summed E-state index contributed by atoms with van der Waals surface area (Å²) in [5.74, 6) is -1.72. The maximum atomic E-state index is 11.9. The second-order valence-corrected chi connectivity index (χ2v) is 4.83. The van der Waals surface area contributed by atoms with E-state index in [0.29, 0.717) is 11.3 Å². The summed E-state index contributed by atoms with van der Waals surface area (Å²) < 4.78 is 0. The minimum Gasteiger partial charge on any atom is -0.504 e. The molecular formula is C15H16N4O4. The van der Waals surface area contributed by atoms with Gasteiger partial charge in [-0.1, -0.05) is 6.07 Å². The molecule has 0 bridgehead atoms. The molecule has 2 rings (SSSR count). The third-order valence-electron chi connectivity index (χ3n) is 3.07. The number of amides is 2. The maximum absolute atomic E-state index is 11.9. The molecule has 1 aromatic heterocycles. The number of rotatable bonds is 6. The lowest BCUT2D eigenvalue weighted by atomic mass is 10.1. The van der Waals surface area contributed by atoms with E-state index in [1.165, 1.54) is 42.9 Å². The van der Waals surface area contributed by atoms with Crippen LogP contribution in [0.5, 0.6) is 11.5 Å². The highest BCUT2D eigenvalue weighted by atomic mass is 16.3. The molecule has 0 saturated heterocycles. The Balaban J connectivity index is 1.99. The van der Waals surface area contributed by atoms with Crippen LogP contribution >= 0.6 is 0 Å². The number of phenols is 2.